The molecule has 0 aliphatic carbocycles. The van der Waals surface area contributed by atoms with E-state index in [0.29, 0.717) is 0 Å². The normalized spacial score (nSPS) is 3.00. The van der Waals surface area contributed by atoms with Crippen molar-refractivity contribution in [3.63, 3.8) is 0 Å². The van der Waals surface area contributed by atoms with Gasteiger partial charge in [-0.25, -0.2) is 4.79 Å². The van der Waals surface area contributed by atoms with E-state index in [2.05, 4.69) is 0 Å². The number of carbonyl (C=O) groups is 1. The van der Waals surface area contributed by atoms with Gasteiger partial charge in [0.25, 0.3) is 0 Å². The number of rotatable bonds is 0. The molecule has 5 nitrogen and oxygen atoms in total. The van der Waals surface area contributed by atoms with Crippen molar-refractivity contribution in [3.05, 3.63) is 0 Å². The Morgan fingerprint density at radius 3 is 1.12 bits per heavy atom. The summed E-state index contributed by atoms with van der Waals surface area (Å²) < 4.78 is 0. The Bertz CT molecular complexity index is 35.4. The van der Waals surface area contributed by atoms with Gasteiger partial charge in [-0.2, -0.15) is 0 Å². The van der Waals surface area contributed by atoms with Crippen molar-refractivity contribution in [1.29, 1.82) is 0 Å². The van der Waals surface area contributed by atoms with Crippen LogP contribution >= 0.6 is 0 Å². The molecule has 6 N–H and O–H groups in total. The summed E-state index contributed by atoms with van der Waals surface area (Å²) in [5.41, 5.74) is 0. The maximum Gasteiger partial charge on any atom is 0.503 e. The van der Waals surface area contributed by atoms with E-state index in [1.165, 1.54) is 0 Å². The molecule has 0 bridgehead atoms. The molecule has 0 aromatic carbocycles. The van der Waals surface area contributed by atoms with Gasteiger partial charge in [-0.15, -0.1) is 0 Å². The van der Waals surface area contributed by atoms with Crippen molar-refractivity contribution >= 4 is 29.2 Å². The van der Waals surface area contributed by atoms with Crippen LogP contribution in [0.2, 0.25) is 0 Å². The fourth-order valence-corrected chi connectivity index (χ4v) is 0. The van der Waals surface area contributed by atoms with Crippen molar-refractivity contribution in [2.75, 3.05) is 0 Å². The number of hydrogen-bond acceptors (Lipinski definition) is 1. The van der Waals surface area contributed by atoms with Gasteiger partial charge in [-0.3, -0.25) is 0 Å². The molecule has 0 aromatic heterocycles. The molecule has 0 aliphatic heterocycles. The Hall–Kier alpha value is 0.476. The van der Waals surface area contributed by atoms with Crippen LogP contribution in [0, 0.1) is 0 Å². The van der Waals surface area contributed by atoms with E-state index in [4.69, 9.17) is 15.0 Å². The van der Waals surface area contributed by atoms with E-state index >= 15 is 0 Å². The molecule has 0 aliphatic rings. The van der Waals surface area contributed by atoms with E-state index in [1.807, 2.05) is 0 Å². The molecule has 0 heterocycles. The second-order valence-electron chi connectivity index (χ2n) is 0.283. The molecule has 0 rings (SSSR count). The Balaban J connectivity index is -0.00000000750. The molecule has 0 atom stereocenters. The quantitative estimate of drug-likeness (QED) is 0.406. The van der Waals surface area contributed by atoms with Crippen molar-refractivity contribution in [1.82, 2.24) is 0 Å². The van der Waals surface area contributed by atoms with Gasteiger partial charge in [0, 0.05) is 17.1 Å². The average molecular weight is 180 g/mol. The second kappa shape index (κ2) is 26.0. The molecule has 0 fully saturated rings. The van der Waals surface area contributed by atoms with Crippen LogP contribution in [0.5, 0.6) is 0 Å². The first-order chi connectivity index (χ1) is 1.73. The van der Waals surface area contributed by atoms with Crippen LogP contribution in [0.3, 0.4) is 0 Å². The first-order valence-corrected chi connectivity index (χ1v) is 0.651. The summed E-state index contributed by atoms with van der Waals surface area (Å²) in [5, 5.41) is 13.9. The average Bonchev–Trinajstić information content (AvgIpc) is 0.811. The SMILES string of the molecule is O.O.O=C(O)O.[Fe].[MgH2]. The molecule has 7 heteroatoms. The molecule has 0 radical (unpaired) electrons. The Morgan fingerprint density at radius 2 is 1.12 bits per heavy atom. The molecule has 8 heavy (non-hydrogen) atoms. The van der Waals surface area contributed by atoms with Gasteiger partial charge in [-0.05, 0) is 0 Å². The zero-order valence-electron chi connectivity index (χ0n) is 3.16. The number of carboxylic acid groups (broad SMARTS) is 2. The molecular formula is CH8FeMgO5. The largest absolute Gasteiger partial charge is 0.503 e. The molecule has 0 saturated heterocycles. The van der Waals surface area contributed by atoms with Crippen LogP contribution in [-0.4, -0.2) is 50.4 Å². The third-order valence-corrected chi connectivity index (χ3v) is 0. The molecule has 0 spiro atoms. The minimum atomic E-state index is -1.83. The zero-order valence-corrected chi connectivity index (χ0v) is 4.26. The predicted molar refractivity (Wildman–Crippen MR) is 26.4 cm³/mol. The van der Waals surface area contributed by atoms with Gasteiger partial charge in [-0.1, -0.05) is 0 Å². The smallest absolute Gasteiger partial charge is 0.450 e. The zero-order chi connectivity index (χ0) is 3.58. The molecule has 52 valence electrons. The van der Waals surface area contributed by atoms with E-state index in [-0.39, 0.29) is 51.1 Å². The van der Waals surface area contributed by atoms with Gasteiger partial charge < -0.3 is 21.2 Å². The summed E-state index contributed by atoms with van der Waals surface area (Å²) in [6.07, 6.45) is -1.83. The minimum Gasteiger partial charge on any atom is -0.450 e. The van der Waals surface area contributed by atoms with Gasteiger partial charge in [0.05, 0.1) is 0 Å². The van der Waals surface area contributed by atoms with Crippen LogP contribution in [0.4, 0.5) is 4.79 Å². The van der Waals surface area contributed by atoms with E-state index < -0.39 is 6.16 Å². The fraction of sp³-hybridized carbons (Fsp3) is 0. The van der Waals surface area contributed by atoms with Gasteiger partial charge >= 0.3 is 29.2 Å². The van der Waals surface area contributed by atoms with E-state index in [0.717, 1.165) is 0 Å². The third-order valence-electron chi connectivity index (χ3n) is 0. The summed E-state index contributed by atoms with van der Waals surface area (Å²) in [6.45, 7) is 0. The third kappa shape index (κ3) is 858. The Kier molecular flexibility index (Phi) is 127. The summed E-state index contributed by atoms with van der Waals surface area (Å²) >= 11 is 0. The molecule has 0 amide bonds. The Labute approximate surface area is 72.3 Å². The monoisotopic (exact) mass is 180 g/mol. The van der Waals surface area contributed by atoms with Gasteiger partial charge in [0.1, 0.15) is 0 Å². The number of hydrogen-bond donors (Lipinski definition) is 2. The van der Waals surface area contributed by atoms with E-state index in [9.17, 15) is 0 Å². The fourth-order valence-electron chi connectivity index (χ4n) is 0. The maximum absolute atomic E-state index is 8.56. The van der Waals surface area contributed by atoms with Crippen molar-refractivity contribution in [2.24, 2.45) is 0 Å². The summed E-state index contributed by atoms with van der Waals surface area (Å²) in [5.74, 6) is 0. The summed E-state index contributed by atoms with van der Waals surface area (Å²) in [4.78, 5) is 8.56. The van der Waals surface area contributed by atoms with Crippen LogP contribution in [-0.2, 0) is 17.1 Å². The molecule has 0 saturated carbocycles. The first kappa shape index (κ1) is 39.2. The van der Waals surface area contributed by atoms with Crippen molar-refractivity contribution < 1.29 is 43.0 Å². The standard InChI is InChI=1S/CH2O3.Fe.Mg.2H2O.2H/c2-1(3)4;;;;;;/h(H2,2,3,4);;;2*1H2;;. The molecule has 0 aromatic rings. The first-order valence-electron chi connectivity index (χ1n) is 0.651. The van der Waals surface area contributed by atoms with Crippen LogP contribution in [0.1, 0.15) is 0 Å². The molecular weight excluding hydrogens is 172 g/mol. The van der Waals surface area contributed by atoms with Crippen LogP contribution < -0.4 is 0 Å². The van der Waals surface area contributed by atoms with Crippen LogP contribution in [0.25, 0.3) is 0 Å². The van der Waals surface area contributed by atoms with Gasteiger partial charge in [0.2, 0.25) is 0 Å². The molecule has 0 unspecified atom stereocenters. The Morgan fingerprint density at radius 1 is 1.12 bits per heavy atom. The second-order valence-corrected chi connectivity index (χ2v) is 0.283. The predicted octanol–water partition coefficient (Wildman–Crippen LogP) is -2.35. The van der Waals surface area contributed by atoms with Crippen LogP contribution in [0.15, 0.2) is 0 Å². The topological polar surface area (TPSA) is 121 Å². The van der Waals surface area contributed by atoms with Crippen molar-refractivity contribution in [3.8, 4) is 0 Å². The maximum atomic E-state index is 8.56. The minimum absolute atomic E-state index is 0. The summed E-state index contributed by atoms with van der Waals surface area (Å²) in [7, 11) is 0. The van der Waals surface area contributed by atoms with E-state index in [1.54, 1.807) is 0 Å². The van der Waals surface area contributed by atoms with Crippen molar-refractivity contribution in [2.45, 2.75) is 0 Å². The van der Waals surface area contributed by atoms with Gasteiger partial charge in [0.15, 0.2) is 0 Å². The summed E-state index contributed by atoms with van der Waals surface area (Å²) in [6, 6.07) is 0.